The molecule has 0 aliphatic heterocycles. The van der Waals surface area contributed by atoms with Gasteiger partial charge < -0.3 is 15.8 Å². The van der Waals surface area contributed by atoms with Crippen molar-refractivity contribution in [1.29, 1.82) is 0 Å². The Balaban J connectivity index is 1.82. The Hall–Kier alpha value is -2.49. The van der Waals surface area contributed by atoms with E-state index in [1.807, 2.05) is 49.4 Å². The summed E-state index contributed by atoms with van der Waals surface area (Å²) < 4.78 is 5.43. The SMILES string of the molecule is Cc1ccc(N)c(OCC(=O)NCc2ccccc2)c1. The number of carbonyl (C=O) groups excluding carboxylic acids is 1. The van der Waals surface area contributed by atoms with E-state index in [-0.39, 0.29) is 12.5 Å². The third-order valence-corrected chi connectivity index (χ3v) is 2.86. The monoisotopic (exact) mass is 270 g/mol. The van der Waals surface area contributed by atoms with Gasteiger partial charge in [0.25, 0.3) is 5.91 Å². The van der Waals surface area contributed by atoms with Gasteiger partial charge >= 0.3 is 0 Å². The predicted molar refractivity (Wildman–Crippen MR) is 79.4 cm³/mol. The van der Waals surface area contributed by atoms with Crippen LogP contribution in [0.1, 0.15) is 11.1 Å². The van der Waals surface area contributed by atoms with Crippen LogP contribution in [-0.2, 0) is 11.3 Å². The van der Waals surface area contributed by atoms with E-state index in [1.165, 1.54) is 0 Å². The maximum absolute atomic E-state index is 11.7. The molecule has 0 aromatic heterocycles. The van der Waals surface area contributed by atoms with Gasteiger partial charge in [0.05, 0.1) is 5.69 Å². The van der Waals surface area contributed by atoms with Gasteiger partial charge in [0.2, 0.25) is 0 Å². The number of nitrogens with one attached hydrogen (secondary N) is 1. The molecule has 0 aliphatic rings. The summed E-state index contributed by atoms with van der Waals surface area (Å²) in [6.45, 7) is 2.40. The summed E-state index contributed by atoms with van der Waals surface area (Å²) in [4.78, 5) is 11.7. The summed E-state index contributed by atoms with van der Waals surface area (Å²) in [6.07, 6.45) is 0. The van der Waals surface area contributed by atoms with Crippen LogP contribution in [0.3, 0.4) is 0 Å². The quantitative estimate of drug-likeness (QED) is 0.819. The number of amides is 1. The van der Waals surface area contributed by atoms with E-state index in [9.17, 15) is 4.79 Å². The predicted octanol–water partition coefficient (Wildman–Crippen LogP) is 2.27. The van der Waals surface area contributed by atoms with Crippen LogP contribution in [0.4, 0.5) is 5.69 Å². The first-order valence-electron chi connectivity index (χ1n) is 6.44. The lowest BCUT2D eigenvalue weighted by atomic mass is 10.2. The molecule has 0 atom stereocenters. The first kappa shape index (κ1) is 13.9. The molecule has 2 aromatic rings. The minimum Gasteiger partial charge on any atom is -0.482 e. The van der Waals surface area contributed by atoms with Crippen LogP contribution >= 0.6 is 0 Å². The van der Waals surface area contributed by atoms with Gasteiger partial charge in [0.1, 0.15) is 5.75 Å². The van der Waals surface area contributed by atoms with Gasteiger partial charge in [-0.15, -0.1) is 0 Å². The lowest BCUT2D eigenvalue weighted by molar-refractivity contribution is -0.123. The van der Waals surface area contributed by atoms with Crippen LogP contribution < -0.4 is 15.8 Å². The van der Waals surface area contributed by atoms with E-state index >= 15 is 0 Å². The molecule has 20 heavy (non-hydrogen) atoms. The van der Waals surface area contributed by atoms with Gasteiger partial charge in [-0.2, -0.15) is 0 Å². The van der Waals surface area contributed by atoms with Crippen LogP contribution in [0.25, 0.3) is 0 Å². The molecule has 0 aliphatic carbocycles. The number of nitrogen functional groups attached to an aromatic ring is 1. The number of carbonyl (C=O) groups is 1. The third kappa shape index (κ3) is 4.02. The van der Waals surface area contributed by atoms with Gasteiger partial charge in [-0.05, 0) is 30.2 Å². The highest BCUT2D eigenvalue weighted by Gasteiger charge is 2.05. The van der Waals surface area contributed by atoms with Gasteiger partial charge in [0, 0.05) is 6.54 Å². The molecule has 0 fully saturated rings. The van der Waals surface area contributed by atoms with Crippen LogP contribution in [0.15, 0.2) is 48.5 Å². The van der Waals surface area contributed by atoms with Crippen molar-refractivity contribution in [2.75, 3.05) is 12.3 Å². The number of benzene rings is 2. The smallest absolute Gasteiger partial charge is 0.258 e. The first-order chi connectivity index (χ1) is 9.65. The lowest BCUT2D eigenvalue weighted by Gasteiger charge is -2.10. The number of rotatable bonds is 5. The molecule has 1 amide bonds. The zero-order valence-electron chi connectivity index (χ0n) is 11.4. The van der Waals surface area contributed by atoms with Crippen molar-refractivity contribution in [1.82, 2.24) is 5.32 Å². The zero-order chi connectivity index (χ0) is 14.4. The molecule has 2 rings (SSSR count). The number of hydrogen-bond acceptors (Lipinski definition) is 3. The average Bonchev–Trinajstić information content (AvgIpc) is 2.47. The highest BCUT2D eigenvalue weighted by molar-refractivity contribution is 5.77. The fraction of sp³-hybridized carbons (Fsp3) is 0.188. The Morgan fingerprint density at radius 3 is 2.70 bits per heavy atom. The standard InChI is InChI=1S/C16H18N2O2/c1-12-7-8-14(17)15(9-12)20-11-16(19)18-10-13-5-3-2-4-6-13/h2-9H,10-11,17H2,1H3,(H,18,19). The summed E-state index contributed by atoms with van der Waals surface area (Å²) in [5.74, 6) is 0.370. The second-order valence-electron chi connectivity index (χ2n) is 4.59. The number of aryl methyl sites for hydroxylation is 1. The number of hydrogen-bond donors (Lipinski definition) is 2. The largest absolute Gasteiger partial charge is 0.482 e. The molecule has 4 nitrogen and oxygen atoms in total. The van der Waals surface area contributed by atoms with Crippen LogP contribution in [-0.4, -0.2) is 12.5 Å². The molecule has 0 unspecified atom stereocenters. The number of ether oxygens (including phenoxy) is 1. The fourth-order valence-electron chi connectivity index (χ4n) is 1.76. The van der Waals surface area contributed by atoms with Crippen molar-refractivity contribution in [2.24, 2.45) is 0 Å². The van der Waals surface area contributed by atoms with E-state index in [2.05, 4.69) is 5.32 Å². The van der Waals surface area contributed by atoms with E-state index < -0.39 is 0 Å². The van der Waals surface area contributed by atoms with Crippen molar-refractivity contribution in [3.05, 3.63) is 59.7 Å². The first-order valence-corrected chi connectivity index (χ1v) is 6.44. The Kier molecular flexibility index (Phi) is 4.60. The molecule has 3 N–H and O–H groups in total. The van der Waals surface area contributed by atoms with Crippen molar-refractivity contribution in [2.45, 2.75) is 13.5 Å². The van der Waals surface area contributed by atoms with Gasteiger partial charge in [0.15, 0.2) is 6.61 Å². The molecule has 0 saturated carbocycles. The second kappa shape index (κ2) is 6.61. The maximum atomic E-state index is 11.7. The van der Waals surface area contributed by atoms with Crippen molar-refractivity contribution >= 4 is 11.6 Å². The van der Waals surface area contributed by atoms with Gasteiger partial charge in [-0.3, -0.25) is 4.79 Å². The molecule has 0 bridgehead atoms. The van der Waals surface area contributed by atoms with Crippen molar-refractivity contribution in [3.8, 4) is 5.75 Å². The van der Waals surface area contributed by atoms with E-state index in [1.54, 1.807) is 6.07 Å². The average molecular weight is 270 g/mol. The topological polar surface area (TPSA) is 64.3 Å². The van der Waals surface area contributed by atoms with Crippen LogP contribution in [0.5, 0.6) is 5.75 Å². The van der Waals surface area contributed by atoms with Crippen molar-refractivity contribution < 1.29 is 9.53 Å². The molecular formula is C16H18N2O2. The molecule has 4 heteroatoms. The van der Waals surface area contributed by atoms with E-state index in [0.717, 1.165) is 11.1 Å². The van der Waals surface area contributed by atoms with Gasteiger partial charge in [-0.1, -0.05) is 36.4 Å². The fourth-order valence-corrected chi connectivity index (χ4v) is 1.76. The summed E-state index contributed by atoms with van der Waals surface area (Å²) in [6, 6.07) is 15.2. The summed E-state index contributed by atoms with van der Waals surface area (Å²) >= 11 is 0. The molecular weight excluding hydrogens is 252 g/mol. The number of anilines is 1. The third-order valence-electron chi connectivity index (χ3n) is 2.86. The van der Waals surface area contributed by atoms with Gasteiger partial charge in [-0.25, -0.2) is 0 Å². The Morgan fingerprint density at radius 1 is 1.20 bits per heavy atom. The van der Waals surface area contributed by atoms with Crippen LogP contribution in [0, 0.1) is 6.92 Å². The van der Waals surface area contributed by atoms with E-state index in [0.29, 0.717) is 18.0 Å². The van der Waals surface area contributed by atoms with E-state index in [4.69, 9.17) is 10.5 Å². The normalized spacial score (nSPS) is 10.1. The summed E-state index contributed by atoms with van der Waals surface area (Å²) in [5.41, 5.74) is 8.41. The molecule has 0 radical (unpaired) electrons. The maximum Gasteiger partial charge on any atom is 0.258 e. The molecule has 0 saturated heterocycles. The Bertz CT molecular complexity index is 582. The highest BCUT2D eigenvalue weighted by atomic mass is 16.5. The zero-order valence-corrected chi connectivity index (χ0v) is 11.4. The molecule has 0 heterocycles. The molecule has 104 valence electrons. The highest BCUT2D eigenvalue weighted by Crippen LogP contribution is 2.22. The molecule has 2 aromatic carbocycles. The summed E-state index contributed by atoms with van der Waals surface area (Å²) in [5, 5.41) is 2.80. The van der Waals surface area contributed by atoms with Crippen molar-refractivity contribution in [3.63, 3.8) is 0 Å². The van der Waals surface area contributed by atoms with Crippen LogP contribution in [0.2, 0.25) is 0 Å². The Labute approximate surface area is 118 Å². The summed E-state index contributed by atoms with van der Waals surface area (Å²) in [7, 11) is 0. The minimum absolute atomic E-state index is 0.0412. The number of nitrogens with two attached hydrogens (primary N) is 1. The Morgan fingerprint density at radius 2 is 1.95 bits per heavy atom. The minimum atomic E-state index is -0.172. The molecule has 0 spiro atoms. The lowest BCUT2D eigenvalue weighted by Crippen LogP contribution is -2.28. The second-order valence-corrected chi connectivity index (χ2v) is 4.59.